The van der Waals surface area contributed by atoms with Crippen molar-refractivity contribution in [2.24, 2.45) is 11.8 Å². The number of hydrogen-bond donors (Lipinski definition) is 1. The zero-order chi connectivity index (χ0) is 41.5. The second-order valence-electron chi connectivity index (χ2n) is 12.6. The predicted molar refractivity (Wildman–Crippen MR) is 211 cm³/mol. The molecular weight excluding hydrogens is 729 g/mol. The number of nitriles is 2. The number of allylic oxidation sites excluding steroid dienone is 6. The molecule has 14 heteroatoms. The highest BCUT2D eigenvalue weighted by molar-refractivity contribution is 6.30. The molecule has 0 bridgehead atoms. The van der Waals surface area contributed by atoms with Crippen LogP contribution in [0.5, 0.6) is 11.5 Å². The quantitative estimate of drug-likeness (QED) is 0.105. The summed E-state index contributed by atoms with van der Waals surface area (Å²) in [5.74, 6) is -2.08. The summed E-state index contributed by atoms with van der Waals surface area (Å²) in [5, 5.41) is 29.9. The molecule has 0 spiro atoms. The summed E-state index contributed by atoms with van der Waals surface area (Å²) in [5.41, 5.74) is 2.39. The van der Waals surface area contributed by atoms with Crippen molar-refractivity contribution in [1.29, 1.82) is 10.5 Å². The average Bonchev–Trinajstić information content (AvgIpc) is 3.23. The third-order valence-corrected chi connectivity index (χ3v) is 9.48. The van der Waals surface area contributed by atoms with Crippen molar-refractivity contribution >= 4 is 46.1 Å². The number of hydrogen-bond acceptors (Lipinski definition) is 11. The number of anilines is 1. The molecule has 1 N–H and O–H groups in total. The van der Waals surface area contributed by atoms with Gasteiger partial charge >= 0.3 is 11.9 Å². The molecule has 1 atom stereocenters. The largest absolute Gasteiger partial charge is 0.511 e. The zero-order valence-electron chi connectivity index (χ0n) is 32.3. The van der Waals surface area contributed by atoms with E-state index in [1.807, 2.05) is 60.1 Å². The number of aliphatic hydroxyl groups is 1. The van der Waals surface area contributed by atoms with Gasteiger partial charge in [-0.25, -0.2) is 24.8 Å². The van der Waals surface area contributed by atoms with Gasteiger partial charge in [0.2, 0.25) is 0 Å². The Balaban J connectivity index is 1.24. The van der Waals surface area contributed by atoms with Crippen LogP contribution in [0, 0.1) is 47.6 Å². The number of carbonyl (C=O) groups excluding carboxylic acids is 3. The van der Waals surface area contributed by atoms with E-state index in [4.69, 9.17) is 32.1 Å². The van der Waals surface area contributed by atoms with E-state index in [-0.39, 0.29) is 83.5 Å². The van der Waals surface area contributed by atoms with E-state index in [1.54, 1.807) is 12.1 Å². The van der Waals surface area contributed by atoms with Gasteiger partial charge in [0.1, 0.15) is 43.6 Å². The fraction of sp³-hybridized carbons (Fsp3) is 0.349. The summed E-state index contributed by atoms with van der Waals surface area (Å²) in [4.78, 5) is 46.5. The molecule has 0 aliphatic heterocycles. The number of methoxy groups -OCH3 is 1. The van der Waals surface area contributed by atoms with Crippen LogP contribution in [0.1, 0.15) is 39.2 Å². The van der Waals surface area contributed by atoms with Crippen LogP contribution in [-0.4, -0.2) is 86.2 Å². The van der Waals surface area contributed by atoms with Gasteiger partial charge in [0.05, 0.1) is 56.7 Å². The number of carbonyl (C=O) groups is 3. The lowest BCUT2D eigenvalue weighted by molar-refractivity contribution is -0.524. The molecule has 0 aromatic heterocycles. The first-order valence-electron chi connectivity index (χ1n) is 18.4. The lowest BCUT2D eigenvalue weighted by Gasteiger charge is -2.32. The van der Waals surface area contributed by atoms with Crippen LogP contribution in [-0.2, 0) is 23.9 Å². The minimum Gasteiger partial charge on any atom is -0.511 e. The van der Waals surface area contributed by atoms with Gasteiger partial charge in [-0.05, 0) is 50.6 Å². The number of likely N-dealkylation sites (N-methyl/N-ethyl adjacent to an activating group) is 1. The molecule has 2 aliphatic rings. The van der Waals surface area contributed by atoms with Crippen molar-refractivity contribution in [1.82, 2.24) is 0 Å². The molecule has 0 saturated heterocycles. The molecule has 0 fully saturated rings. The van der Waals surface area contributed by atoms with E-state index in [0.29, 0.717) is 24.2 Å². The van der Waals surface area contributed by atoms with Gasteiger partial charge < -0.3 is 29.0 Å². The number of Topliss-reactive ketones (excluding diaryl/α,β-unsaturated/α-hetero) is 1. The van der Waals surface area contributed by atoms with Gasteiger partial charge in [-0.3, -0.25) is 14.4 Å². The SMILES string of the molecule is [C-]#[N+]/C(C#N)=c1/cc(OC)/c(=C(\C#N)[N+]#[C-])cc1OCCOC(=O)CCC(=O)OCC[N+](CC)=C1C=CC(C2C(=O)C(c3ccc(N(CC)CC)cc3)=C2O)C=C1. The standard InChI is InChI=1S/C43H42N6O8/c1-7-48(8-2)30-14-10-28(11-15-30)40-42(52)41(43(40)53)29-12-16-31(17-13-29)49(9-3)20-21-56-38(50)18-19-39(51)57-23-22-55-37-25-32(34(26-44)46-4)36(54-6)24-33(37)35(27-45)47-5/h10-17,24-25,29,41H,7-9,18-23H2,1-3,6H3/p+1/b34-32+,35-33-,49-31?. The maximum absolute atomic E-state index is 13.2. The molecule has 57 heavy (non-hydrogen) atoms. The summed E-state index contributed by atoms with van der Waals surface area (Å²) in [7, 11) is 1.32. The van der Waals surface area contributed by atoms with Crippen molar-refractivity contribution < 1.29 is 43.0 Å². The average molecular weight is 772 g/mol. The van der Waals surface area contributed by atoms with Crippen LogP contribution in [0.4, 0.5) is 5.69 Å². The van der Waals surface area contributed by atoms with E-state index in [9.17, 15) is 30.0 Å². The Labute approximate surface area is 331 Å². The third kappa shape index (κ3) is 10.1. The smallest absolute Gasteiger partial charge is 0.306 e. The fourth-order valence-electron chi connectivity index (χ4n) is 6.44. The first kappa shape index (κ1) is 42.6. The molecule has 14 nitrogen and oxygen atoms in total. The van der Waals surface area contributed by atoms with Crippen LogP contribution in [0.3, 0.4) is 0 Å². The molecule has 2 aromatic rings. The molecule has 1 unspecified atom stereocenters. The first-order chi connectivity index (χ1) is 27.6. The lowest BCUT2D eigenvalue weighted by Crippen LogP contribution is -2.36. The van der Waals surface area contributed by atoms with Crippen molar-refractivity contribution in [2.75, 3.05) is 58.0 Å². The molecule has 4 rings (SSSR count). The van der Waals surface area contributed by atoms with Crippen LogP contribution in [0.15, 0.2) is 66.5 Å². The Morgan fingerprint density at radius 2 is 1.44 bits per heavy atom. The summed E-state index contributed by atoms with van der Waals surface area (Å²) >= 11 is 0. The highest BCUT2D eigenvalue weighted by Gasteiger charge is 2.44. The van der Waals surface area contributed by atoms with Crippen molar-refractivity contribution in [2.45, 2.75) is 33.6 Å². The molecule has 0 heterocycles. The highest BCUT2D eigenvalue weighted by Crippen LogP contribution is 2.42. The van der Waals surface area contributed by atoms with Gasteiger partial charge in [0.15, 0.2) is 18.0 Å². The minimum atomic E-state index is -0.673. The van der Waals surface area contributed by atoms with E-state index in [0.717, 1.165) is 24.5 Å². The molecular formula is C43H43N6O8+. The Morgan fingerprint density at radius 1 is 0.877 bits per heavy atom. The van der Waals surface area contributed by atoms with Crippen LogP contribution in [0.2, 0.25) is 0 Å². The number of ketones is 1. The third-order valence-electron chi connectivity index (χ3n) is 9.48. The topological polar surface area (TPSA) is 171 Å². The molecule has 0 radical (unpaired) electrons. The van der Waals surface area contributed by atoms with E-state index >= 15 is 0 Å². The summed E-state index contributed by atoms with van der Waals surface area (Å²) in [6.07, 6.45) is 7.12. The van der Waals surface area contributed by atoms with Gasteiger partial charge in [0.25, 0.3) is 11.4 Å². The Morgan fingerprint density at radius 3 is 1.95 bits per heavy atom. The predicted octanol–water partition coefficient (Wildman–Crippen LogP) is 4.27. The van der Waals surface area contributed by atoms with E-state index in [2.05, 4.69) is 28.4 Å². The molecule has 0 amide bonds. The maximum Gasteiger partial charge on any atom is 0.306 e. The second kappa shape index (κ2) is 20.5. The Kier molecular flexibility index (Phi) is 15.3. The number of nitrogens with zero attached hydrogens (tertiary/aromatic N) is 6. The van der Waals surface area contributed by atoms with Gasteiger partial charge in [0, 0.05) is 47.3 Å². The van der Waals surface area contributed by atoms with E-state index in [1.165, 1.54) is 19.2 Å². The lowest BCUT2D eigenvalue weighted by atomic mass is 9.71. The molecule has 292 valence electrons. The highest BCUT2D eigenvalue weighted by atomic mass is 16.6. The maximum atomic E-state index is 13.2. The van der Waals surface area contributed by atoms with Gasteiger partial charge in [-0.2, -0.15) is 0 Å². The summed E-state index contributed by atoms with van der Waals surface area (Å²) < 4.78 is 23.4. The van der Waals surface area contributed by atoms with Crippen LogP contribution in [0.25, 0.3) is 26.7 Å². The number of rotatable bonds is 17. The van der Waals surface area contributed by atoms with Crippen LogP contribution < -0.4 is 24.8 Å². The number of aliphatic hydroxyl groups excluding tert-OH is 1. The first-order valence-corrected chi connectivity index (χ1v) is 18.4. The number of benzene rings is 2. The summed E-state index contributed by atoms with van der Waals surface area (Å²) in [6.45, 7) is 23.1. The Hall–Kier alpha value is -7.16. The number of ether oxygens (including phenoxy) is 4. The molecule has 0 saturated carbocycles. The minimum absolute atomic E-state index is 0.0135. The van der Waals surface area contributed by atoms with Gasteiger partial charge in [-0.1, -0.05) is 24.3 Å². The van der Waals surface area contributed by atoms with Crippen molar-refractivity contribution in [3.8, 4) is 23.6 Å². The molecule has 2 aromatic carbocycles. The number of esters is 2. The van der Waals surface area contributed by atoms with Gasteiger partial charge in [-0.15, -0.1) is 0 Å². The zero-order valence-corrected chi connectivity index (χ0v) is 32.3. The second-order valence-corrected chi connectivity index (χ2v) is 12.6. The molecule has 2 aliphatic carbocycles. The van der Waals surface area contributed by atoms with Crippen molar-refractivity contribution in [3.63, 3.8) is 0 Å². The normalized spacial score (nSPS) is 16.5. The van der Waals surface area contributed by atoms with Crippen molar-refractivity contribution in [3.05, 3.63) is 105 Å². The fourth-order valence-corrected chi connectivity index (χ4v) is 6.44. The summed E-state index contributed by atoms with van der Waals surface area (Å²) in [6, 6.07) is 13.8. The monoisotopic (exact) mass is 771 g/mol. The van der Waals surface area contributed by atoms with Crippen LogP contribution >= 0.6 is 0 Å². The van der Waals surface area contributed by atoms with E-state index < -0.39 is 17.9 Å². The Bertz CT molecular complexity index is 2260.